The predicted molar refractivity (Wildman–Crippen MR) is 67.0 cm³/mol. The van der Waals surface area contributed by atoms with Crippen molar-refractivity contribution >= 4 is 21.6 Å². The Morgan fingerprint density at radius 2 is 2.12 bits per heavy atom. The van der Waals surface area contributed by atoms with Gasteiger partial charge in [-0.05, 0) is 24.6 Å². The standard InChI is InChI=1S/C11H12N2O2S2/c1-8-3-4-10(17(2,14)15)9(7-8)16-11-12-5-6-13-11/h3-7H,1-2H3,(H,12,13). The Bertz CT molecular complexity index is 619. The van der Waals surface area contributed by atoms with Gasteiger partial charge in [0.2, 0.25) is 0 Å². The number of aryl methyl sites for hydroxylation is 1. The molecule has 1 aromatic carbocycles. The molecule has 0 fully saturated rings. The third-order valence-corrected chi connectivity index (χ3v) is 4.44. The highest BCUT2D eigenvalue weighted by atomic mass is 32.2. The number of nitrogens with one attached hydrogen (secondary N) is 1. The fourth-order valence-corrected chi connectivity index (χ4v) is 3.59. The van der Waals surface area contributed by atoms with Gasteiger partial charge in [0, 0.05) is 23.5 Å². The molecular weight excluding hydrogens is 256 g/mol. The zero-order valence-corrected chi connectivity index (χ0v) is 11.1. The van der Waals surface area contributed by atoms with E-state index in [1.54, 1.807) is 24.5 Å². The molecule has 0 amide bonds. The lowest BCUT2D eigenvalue weighted by Crippen LogP contribution is -1.99. The lowest BCUT2D eigenvalue weighted by atomic mass is 10.2. The van der Waals surface area contributed by atoms with Crippen LogP contribution in [0.25, 0.3) is 0 Å². The molecule has 4 nitrogen and oxygen atoms in total. The van der Waals surface area contributed by atoms with Crippen LogP contribution in [-0.4, -0.2) is 24.6 Å². The average molecular weight is 268 g/mol. The molecule has 2 rings (SSSR count). The van der Waals surface area contributed by atoms with Gasteiger partial charge in [-0.1, -0.05) is 17.8 Å². The highest BCUT2D eigenvalue weighted by Gasteiger charge is 2.14. The van der Waals surface area contributed by atoms with Crippen molar-refractivity contribution in [1.29, 1.82) is 0 Å². The number of aromatic amines is 1. The Hall–Kier alpha value is -1.27. The molecule has 0 spiro atoms. The Morgan fingerprint density at radius 3 is 2.71 bits per heavy atom. The van der Waals surface area contributed by atoms with Gasteiger partial charge < -0.3 is 4.98 Å². The molecule has 0 radical (unpaired) electrons. The van der Waals surface area contributed by atoms with E-state index in [0.29, 0.717) is 14.9 Å². The minimum absolute atomic E-state index is 0.338. The Morgan fingerprint density at radius 1 is 1.35 bits per heavy atom. The lowest BCUT2D eigenvalue weighted by molar-refractivity contribution is 0.600. The van der Waals surface area contributed by atoms with Crippen molar-refractivity contribution in [2.45, 2.75) is 21.9 Å². The highest BCUT2D eigenvalue weighted by molar-refractivity contribution is 8.00. The molecule has 90 valence electrons. The fraction of sp³-hybridized carbons (Fsp3) is 0.182. The van der Waals surface area contributed by atoms with Crippen molar-refractivity contribution in [3.8, 4) is 0 Å². The number of rotatable bonds is 3. The van der Waals surface area contributed by atoms with Crippen molar-refractivity contribution in [3.63, 3.8) is 0 Å². The zero-order chi connectivity index (χ0) is 12.5. The Kier molecular flexibility index (Phi) is 3.26. The van der Waals surface area contributed by atoms with Crippen LogP contribution in [0, 0.1) is 6.92 Å². The first-order chi connectivity index (χ1) is 7.97. The number of nitrogens with zero attached hydrogens (tertiary/aromatic N) is 1. The van der Waals surface area contributed by atoms with Crippen LogP contribution in [0.3, 0.4) is 0 Å². The van der Waals surface area contributed by atoms with Crippen molar-refractivity contribution in [1.82, 2.24) is 9.97 Å². The number of imidazole rings is 1. The molecule has 0 atom stereocenters. The molecule has 17 heavy (non-hydrogen) atoms. The van der Waals surface area contributed by atoms with E-state index in [1.165, 1.54) is 18.0 Å². The quantitative estimate of drug-likeness (QED) is 0.927. The van der Waals surface area contributed by atoms with Gasteiger partial charge in [-0.15, -0.1) is 0 Å². The number of hydrogen-bond acceptors (Lipinski definition) is 4. The largest absolute Gasteiger partial charge is 0.339 e. The summed E-state index contributed by atoms with van der Waals surface area (Å²) < 4.78 is 23.3. The summed E-state index contributed by atoms with van der Waals surface area (Å²) in [5.74, 6) is 0. The van der Waals surface area contributed by atoms with Crippen LogP contribution in [0.1, 0.15) is 5.56 Å². The molecule has 0 bridgehead atoms. The summed E-state index contributed by atoms with van der Waals surface area (Å²) in [5.41, 5.74) is 1.02. The molecule has 6 heteroatoms. The summed E-state index contributed by atoms with van der Waals surface area (Å²) in [7, 11) is -3.22. The first-order valence-corrected chi connectivity index (χ1v) is 7.65. The maximum absolute atomic E-state index is 11.6. The highest BCUT2D eigenvalue weighted by Crippen LogP contribution is 2.31. The smallest absolute Gasteiger partial charge is 0.176 e. The number of sulfone groups is 1. The molecule has 0 aliphatic carbocycles. The minimum Gasteiger partial charge on any atom is -0.339 e. The summed E-state index contributed by atoms with van der Waals surface area (Å²) in [6, 6.07) is 5.28. The second-order valence-corrected chi connectivity index (χ2v) is 6.73. The van der Waals surface area contributed by atoms with E-state index < -0.39 is 9.84 Å². The van der Waals surface area contributed by atoms with Gasteiger partial charge in [-0.25, -0.2) is 13.4 Å². The molecule has 1 aromatic heterocycles. The first-order valence-electron chi connectivity index (χ1n) is 4.95. The van der Waals surface area contributed by atoms with Gasteiger partial charge in [0.25, 0.3) is 0 Å². The SMILES string of the molecule is Cc1ccc(S(C)(=O)=O)c(Sc2ncc[nH]2)c1. The van der Waals surface area contributed by atoms with Gasteiger partial charge in [0.05, 0.1) is 4.90 Å². The van der Waals surface area contributed by atoms with Crippen LogP contribution in [0.15, 0.2) is 45.5 Å². The number of aromatic nitrogens is 2. The monoisotopic (exact) mass is 268 g/mol. The number of H-pyrrole nitrogens is 1. The third-order valence-electron chi connectivity index (χ3n) is 2.18. The van der Waals surface area contributed by atoms with E-state index in [0.717, 1.165) is 5.56 Å². The van der Waals surface area contributed by atoms with E-state index >= 15 is 0 Å². The van der Waals surface area contributed by atoms with Crippen LogP contribution in [0.2, 0.25) is 0 Å². The molecule has 2 aromatic rings. The summed E-state index contributed by atoms with van der Waals surface area (Å²) >= 11 is 1.32. The van der Waals surface area contributed by atoms with Gasteiger partial charge in [0.15, 0.2) is 15.0 Å². The Balaban J connectivity index is 2.48. The lowest BCUT2D eigenvalue weighted by Gasteiger charge is -2.07. The van der Waals surface area contributed by atoms with E-state index in [-0.39, 0.29) is 0 Å². The number of hydrogen-bond donors (Lipinski definition) is 1. The molecule has 0 aliphatic rings. The van der Waals surface area contributed by atoms with Crippen LogP contribution < -0.4 is 0 Å². The summed E-state index contributed by atoms with van der Waals surface area (Å²) in [4.78, 5) is 8.05. The predicted octanol–water partition coefficient (Wildman–Crippen LogP) is 2.27. The third kappa shape index (κ3) is 2.89. The van der Waals surface area contributed by atoms with Crippen molar-refractivity contribution in [2.75, 3.05) is 6.26 Å². The van der Waals surface area contributed by atoms with E-state index in [1.807, 2.05) is 13.0 Å². The molecule has 0 aliphatic heterocycles. The second kappa shape index (κ2) is 4.54. The molecular formula is C11H12N2O2S2. The zero-order valence-electron chi connectivity index (χ0n) is 9.47. The summed E-state index contributed by atoms with van der Waals surface area (Å²) in [6.07, 6.45) is 4.56. The van der Waals surface area contributed by atoms with E-state index in [2.05, 4.69) is 9.97 Å². The second-order valence-electron chi connectivity index (χ2n) is 3.72. The van der Waals surface area contributed by atoms with Crippen molar-refractivity contribution in [2.24, 2.45) is 0 Å². The van der Waals surface area contributed by atoms with Gasteiger partial charge >= 0.3 is 0 Å². The molecule has 0 saturated carbocycles. The van der Waals surface area contributed by atoms with Gasteiger partial charge in [0.1, 0.15) is 0 Å². The first kappa shape index (κ1) is 12.2. The van der Waals surface area contributed by atoms with Crippen LogP contribution in [-0.2, 0) is 9.84 Å². The van der Waals surface area contributed by atoms with Crippen LogP contribution >= 0.6 is 11.8 Å². The van der Waals surface area contributed by atoms with E-state index in [4.69, 9.17) is 0 Å². The molecule has 0 unspecified atom stereocenters. The van der Waals surface area contributed by atoms with Crippen LogP contribution in [0.5, 0.6) is 0 Å². The topological polar surface area (TPSA) is 62.8 Å². The normalized spacial score (nSPS) is 11.6. The van der Waals surface area contributed by atoms with E-state index in [9.17, 15) is 8.42 Å². The minimum atomic E-state index is -3.22. The van der Waals surface area contributed by atoms with Gasteiger partial charge in [-0.3, -0.25) is 0 Å². The maximum Gasteiger partial charge on any atom is 0.176 e. The van der Waals surface area contributed by atoms with Crippen molar-refractivity contribution < 1.29 is 8.42 Å². The summed E-state index contributed by atoms with van der Waals surface area (Å²) in [6.45, 7) is 1.93. The Labute approximate surface area is 104 Å². The average Bonchev–Trinajstić information content (AvgIpc) is 2.68. The fourth-order valence-electron chi connectivity index (χ4n) is 1.41. The number of benzene rings is 1. The molecule has 1 heterocycles. The van der Waals surface area contributed by atoms with Crippen LogP contribution in [0.4, 0.5) is 0 Å². The molecule has 1 N–H and O–H groups in total. The van der Waals surface area contributed by atoms with Crippen molar-refractivity contribution in [3.05, 3.63) is 36.2 Å². The molecule has 0 saturated heterocycles. The van der Waals surface area contributed by atoms with Gasteiger partial charge in [-0.2, -0.15) is 0 Å². The summed E-state index contributed by atoms with van der Waals surface area (Å²) in [5, 5.41) is 0.681. The maximum atomic E-state index is 11.6.